The standard InChI is InChI=1S/C33H39NO3/c1-4-28-7-13-31(14-8-28)25-35-22-19-34(20-23-36-26-32-15-9-29(5-2)10-16-32)21-24-37-27-33-17-11-30(6-3)12-18-33/h4-18H,1-3,19-27H2. The third-order valence-electron chi connectivity index (χ3n) is 6.11. The maximum Gasteiger partial charge on any atom is 0.0717 e. The number of nitrogens with zero attached hydrogens (tertiary/aromatic N) is 1. The molecule has 3 aromatic carbocycles. The highest BCUT2D eigenvalue weighted by atomic mass is 16.5. The predicted molar refractivity (Wildman–Crippen MR) is 155 cm³/mol. The summed E-state index contributed by atoms with van der Waals surface area (Å²) in [6.07, 6.45) is 5.54. The SMILES string of the molecule is C=Cc1ccc(COCCN(CCOCc2ccc(C=C)cc2)CCOCc2ccc(C=C)cc2)cc1. The molecule has 0 saturated carbocycles. The highest BCUT2D eigenvalue weighted by molar-refractivity contribution is 5.48. The summed E-state index contributed by atoms with van der Waals surface area (Å²) >= 11 is 0. The van der Waals surface area contributed by atoms with Crippen molar-refractivity contribution >= 4 is 18.2 Å². The molecule has 0 aromatic heterocycles. The molecule has 0 atom stereocenters. The highest BCUT2D eigenvalue weighted by Crippen LogP contribution is 2.09. The van der Waals surface area contributed by atoms with Crippen molar-refractivity contribution in [3.8, 4) is 0 Å². The van der Waals surface area contributed by atoms with Gasteiger partial charge in [0, 0.05) is 19.6 Å². The lowest BCUT2D eigenvalue weighted by atomic mass is 10.1. The topological polar surface area (TPSA) is 30.9 Å². The van der Waals surface area contributed by atoms with Crippen molar-refractivity contribution in [1.82, 2.24) is 4.90 Å². The predicted octanol–water partition coefficient (Wildman–Crippen LogP) is 6.87. The molecule has 0 aliphatic heterocycles. The van der Waals surface area contributed by atoms with E-state index < -0.39 is 0 Å². The molecule has 0 N–H and O–H groups in total. The molecule has 0 spiro atoms. The molecule has 3 rings (SSSR count). The van der Waals surface area contributed by atoms with Gasteiger partial charge in [-0.2, -0.15) is 0 Å². The molecule has 0 bridgehead atoms. The van der Waals surface area contributed by atoms with E-state index in [2.05, 4.69) is 97.4 Å². The Morgan fingerprint density at radius 2 is 0.730 bits per heavy atom. The Labute approximate surface area is 222 Å². The van der Waals surface area contributed by atoms with Crippen LogP contribution in [0.25, 0.3) is 18.2 Å². The van der Waals surface area contributed by atoms with Gasteiger partial charge in [0.15, 0.2) is 0 Å². The number of benzene rings is 3. The van der Waals surface area contributed by atoms with E-state index in [0.717, 1.165) is 53.0 Å². The summed E-state index contributed by atoms with van der Waals surface area (Å²) < 4.78 is 17.9. The molecule has 0 heterocycles. The Morgan fingerprint density at radius 3 is 0.973 bits per heavy atom. The van der Waals surface area contributed by atoms with Gasteiger partial charge in [-0.3, -0.25) is 4.90 Å². The maximum absolute atomic E-state index is 5.95. The minimum Gasteiger partial charge on any atom is -0.375 e. The van der Waals surface area contributed by atoms with Crippen LogP contribution in [0.3, 0.4) is 0 Å². The molecule has 4 heteroatoms. The van der Waals surface area contributed by atoms with E-state index in [1.807, 2.05) is 18.2 Å². The summed E-state index contributed by atoms with van der Waals surface area (Å²) in [4.78, 5) is 2.34. The summed E-state index contributed by atoms with van der Waals surface area (Å²) in [6.45, 7) is 17.6. The summed E-state index contributed by atoms with van der Waals surface area (Å²) in [5, 5.41) is 0. The van der Waals surface area contributed by atoms with E-state index in [1.165, 1.54) is 0 Å². The normalized spacial score (nSPS) is 10.9. The molecule has 0 unspecified atom stereocenters. The lowest BCUT2D eigenvalue weighted by molar-refractivity contribution is 0.0426. The zero-order valence-corrected chi connectivity index (χ0v) is 21.8. The van der Waals surface area contributed by atoms with Crippen molar-refractivity contribution in [3.63, 3.8) is 0 Å². The molecular formula is C33H39NO3. The summed E-state index contributed by atoms with van der Waals surface area (Å²) in [7, 11) is 0. The van der Waals surface area contributed by atoms with Gasteiger partial charge >= 0.3 is 0 Å². The lowest BCUT2D eigenvalue weighted by Crippen LogP contribution is -2.34. The Bertz CT molecular complexity index is 931. The van der Waals surface area contributed by atoms with Gasteiger partial charge in [0.1, 0.15) is 0 Å². The second-order valence-electron chi connectivity index (χ2n) is 8.84. The van der Waals surface area contributed by atoms with Crippen LogP contribution in [0, 0.1) is 0 Å². The Kier molecular flexibility index (Phi) is 12.6. The van der Waals surface area contributed by atoms with Gasteiger partial charge in [0.05, 0.1) is 39.6 Å². The molecule has 0 fully saturated rings. The zero-order chi connectivity index (χ0) is 26.1. The van der Waals surface area contributed by atoms with Gasteiger partial charge in [-0.25, -0.2) is 0 Å². The van der Waals surface area contributed by atoms with Gasteiger partial charge < -0.3 is 14.2 Å². The molecule has 0 amide bonds. The Balaban J connectivity index is 1.41. The summed E-state index contributed by atoms with van der Waals surface area (Å²) in [6, 6.07) is 24.8. The molecular weight excluding hydrogens is 458 g/mol. The van der Waals surface area contributed by atoms with Crippen LogP contribution in [-0.2, 0) is 34.0 Å². The number of rotatable bonds is 18. The number of hydrogen-bond donors (Lipinski definition) is 0. The second-order valence-corrected chi connectivity index (χ2v) is 8.84. The fraction of sp³-hybridized carbons (Fsp3) is 0.273. The van der Waals surface area contributed by atoms with Crippen molar-refractivity contribution in [1.29, 1.82) is 0 Å². The molecule has 0 aliphatic rings. The van der Waals surface area contributed by atoms with Crippen LogP contribution < -0.4 is 0 Å². The van der Waals surface area contributed by atoms with Gasteiger partial charge in [-0.15, -0.1) is 0 Å². The molecule has 37 heavy (non-hydrogen) atoms. The fourth-order valence-corrected chi connectivity index (χ4v) is 3.74. The van der Waals surface area contributed by atoms with Crippen LogP contribution in [0.5, 0.6) is 0 Å². The molecule has 3 aromatic rings. The molecule has 4 nitrogen and oxygen atoms in total. The third-order valence-corrected chi connectivity index (χ3v) is 6.11. The van der Waals surface area contributed by atoms with Crippen molar-refractivity contribution < 1.29 is 14.2 Å². The molecule has 0 radical (unpaired) electrons. The minimum atomic E-state index is 0.597. The van der Waals surface area contributed by atoms with Crippen molar-refractivity contribution in [2.45, 2.75) is 19.8 Å². The highest BCUT2D eigenvalue weighted by Gasteiger charge is 2.06. The van der Waals surface area contributed by atoms with Crippen LogP contribution in [0.4, 0.5) is 0 Å². The van der Waals surface area contributed by atoms with E-state index in [1.54, 1.807) is 0 Å². The first-order valence-corrected chi connectivity index (χ1v) is 12.8. The van der Waals surface area contributed by atoms with Crippen LogP contribution in [0.1, 0.15) is 33.4 Å². The van der Waals surface area contributed by atoms with Gasteiger partial charge in [0.2, 0.25) is 0 Å². The van der Waals surface area contributed by atoms with Gasteiger partial charge in [-0.1, -0.05) is 111 Å². The minimum absolute atomic E-state index is 0.597. The van der Waals surface area contributed by atoms with Gasteiger partial charge in [0.25, 0.3) is 0 Å². The van der Waals surface area contributed by atoms with Crippen LogP contribution >= 0.6 is 0 Å². The smallest absolute Gasteiger partial charge is 0.0717 e. The first-order valence-electron chi connectivity index (χ1n) is 12.8. The maximum atomic E-state index is 5.95. The lowest BCUT2D eigenvalue weighted by Gasteiger charge is -2.22. The van der Waals surface area contributed by atoms with Crippen molar-refractivity contribution in [2.24, 2.45) is 0 Å². The van der Waals surface area contributed by atoms with Gasteiger partial charge in [-0.05, 0) is 33.4 Å². The number of hydrogen-bond acceptors (Lipinski definition) is 4. The van der Waals surface area contributed by atoms with E-state index in [-0.39, 0.29) is 0 Å². The monoisotopic (exact) mass is 497 g/mol. The fourth-order valence-electron chi connectivity index (χ4n) is 3.74. The molecule has 194 valence electrons. The summed E-state index contributed by atoms with van der Waals surface area (Å²) in [5.41, 5.74) is 6.82. The van der Waals surface area contributed by atoms with Crippen LogP contribution in [-0.4, -0.2) is 44.4 Å². The first-order chi connectivity index (χ1) is 18.2. The zero-order valence-electron chi connectivity index (χ0n) is 21.8. The molecule has 0 aliphatic carbocycles. The average molecular weight is 498 g/mol. The van der Waals surface area contributed by atoms with E-state index in [9.17, 15) is 0 Å². The third kappa shape index (κ3) is 10.7. The Morgan fingerprint density at radius 1 is 0.459 bits per heavy atom. The number of ether oxygens (including phenoxy) is 3. The van der Waals surface area contributed by atoms with Crippen molar-refractivity contribution in [3.05, 3.63) is 126 Å². The first kappa shape index (κ1) is 28.3. The average Bonchev–Trinajstić information content (AvgIpc) is 2.96. The quantitative estimate of drug-likeness (QED) is 0.180. The van der Waals surface area contributed by atoms with E-state index >= 15 is 0 Å². The largest absolute Gasteiger partial charge is 0.375 e. The van der Waals surface area contributed by atoms with Crippen LogP contribution in [0.15, 0.2) is 92.5 Å². The summed E-state index contributed by atoms with van der Waals surface area (Å²) in [5.74, 6) is 0. The van der Waals surface area contributed by atoms with E-state index in [0.29, 0.717) is 39.6 Å². The van der Waals surface area contributed by atoms with E-state index in [4.69, 9.17) is 14.2 Å². The Hall–Kier alpha value is -3.28. The second kappa shape index (κ2) is 16.5. The van der Waals surface area contributed by atoms with Crippen molar-refractivity contribution in [2.75, 3.05) is 39.5 Å². The molecule has 0 saturated heterocycles. The van der Waals surface area contributed by atoms with Crippen LogP contribution in [0.2, 0.25) is 0 Å².